The van der Waals surface area contributed by atoms with E-state index in [1.807, 2.05) is 30.3 Å². The summed E-state index contributed by atoms with van der Waals surface area (Å²) in [4.78, 5) is 21.5. The van der Waals surface area contributed by atoms with Crippen molar-refractivity contribution in [3.63, 3.8) is 0 Å². The van der Waals surface area contributed by atoms with Gasteiger partial charge in [0.15, 0.2) is 0 Å². The summed E-state index contributed by atoms with van der Waals surface area (Å²) in [6.45, 7) is 1.59. The molecule has 4 heteroatoms. The van der Waals surface area contributed by atoms with Gasteiger partial charge in [-0.25, -0.2) is 0 Å². The van der Waals surface area contributed by atoms with Gasteiger partial charge in [0.1, 0.15) is 18.8 Å². The highest BCUT2D eigenvalue weighted by molar-refractivity contribution is 5.94. The van der Waals surface area contributed by atoms with Crippen LogP contribution in [-0.2, 0) is 20.9 Å². The molecule has 0 bridgehead atoms. The van der Waals surface area contributed by atoms with Crippen molar-refractivity contribution in [3.8, 4) is 0 Å². The fourth-order valence-corrected chi connectivity index (χ4v) is 0.992. The SMILES string of the molecule is CC(=O)CC(=O)OCc1ccccc1.[MgH2]. The maximum atomic E-state index is 11.0. The number of carbonyl (C=O) groups excluding carboxylic acids is 2. The average molecular weight is 219 g/mol. The zero-order valence-corrected chi connectivity index (χ0v) is 8.03. The summed E-state index contributed by atoms with van der Waals surface area (Å²) in [5, 5.41) is 0. The Labute approximate surface area is 105 Å². The number of carbonyl (C=O) groups is 2. The van der Waals surface area contributed by atoms with E-state index in [9.17, 15) is 9.59 Å². The molecule has 0 atom stereocenters. The summed E-state index contributed by atoms with van der Waals surface area (Å²) in [5.74, 6) is -0.649. The van der Waals surface area contributed by atoms with Crippen LogP contribution in [0.15, 0.2) is 30.3 Å². The number of esters is 1. The normalized spacial score (nSPS) is 8.87. The topological polar surface area (TPSA) is 43.4 Å². The van der Waals surface area contributed by atoms with Gasteiger partial charge in [0.05, 0.1) is 0 Å². The highest BCUT2D eigenvalue weighted by Crippen LogP contribution is 2.01. The summed E-state index contributed by atoms with van der Waals surface area (Å²) >= 11 is 0. The van der Waals surface area contributed by atoms with E-state index in [-0.39, 0.29) is 41.9 Å². The third-order valence-corrected chi connectivity index (χ3v) is 1.64. The van der Waals surface area contributed by atoms with E-state index in [2.05, 4.69) is 0 Å². The summed E-state index contributed by atoms with van der Waals surface area (Å²) in [5.41, 5.74) is 0.921. The van der Waals surface area contributed by atoms with Crippen LogP contribution in [0.4, 0.5) is 0 Å². The second-order valence-corrected chi connectivity index (χ2v) is 3.03. The van der Waals surface area contributed by atoms with Gasteiger partial charge in [-0.15, -0.1) is 0 Å². The standard InChI is InChI=1S/C11H12O3.Mg.2H/c1-9(12)7-11(13)14-8-10-5-3-2-4-6-10;;;/h2-6H,7-8H2,1H3;;;. The second-order valence-electron chi connectivity index (χ2n) is 3.03. The molecule has 1 aromatic carbocycles. The molecule has 0 heterocycles. The molecule has 0 spiro atoms. The van der Waals surface area contributed by atoms with Crippen LogP contribution in [0.5, 0.6) is 0 Å². The molecule has 1 rings (SSSR count). The van der Waals surface area contributed by atoms with Crippen molar-refractivity contribution in [3.05, 3.63) is 35.9 Å². The lowest BCUT2D eigenvalue weighted by Crippen LogP contribution is -2.08. The highest BCUT2D eigenvalue weighted by atomic mass is 24.3. The number of rotatable bonds is 4. The summed E-state index contributed by atoms with van der Waals surface area (Å²) < 4.78 is 4.88. The first-order valence-corrected chi connectivity index (χ1v) is 4.37. The molecule has 0 aliphatic heterocycles. The second kappa shape index (κ2) is 7.42. The van der Waals surface area contributed by atoms with Gasteiger partial charge in [0, 0.05) is 0 Å². The van der Waals surface area contributed by atoms with Gasteiger partial charge in [-0.05, 0) is 12.5 Å². The van der Waals surface area contributed by atoms with Crippen molar-refractivity contribution < 1.29 is 14.3 Å². The van der Waals surface area contributed by atoms with Gasteiger partial charge in [-0.1, -0.05) is 30.3 Å². The lowest BCUT2D eigenvalue weighted by atomic mass is 10.2. The van der Waals surface area contributed by atoms with Crippen LogP contribution in [0.2, 0.25) is 0 Å². The number of hydrogen-bond acceptors (Lipinski definition) is 3. The van der Waals surface area contributed by atoms with Gasteiger partial charge in [0.25, 0.3) is 0 Å². The fraction of sp³-hybridized carbons (Fsp3) is 0.273. The van der Waals surface area contributed by atoms with Crippen LogP contribution in [-0.4, -0.2) is 34.8 Å². The Morgan fingerprint density at radius 3 is 2.33 bits per heavy atom. The van der Waals surface area contributed by atoms with Crippen molar-refractivity contribution in [2.75, 3.05) is 0 Å². The van der Waals surface area contributed by atoms with Gasteiger partial charge in [-0.3, -0.25) is 9.59 Å². The molecule has 0 saturated heterocycles. The van der Waals surface area contributed by atoms with Gasteiger partial charge in [0.2, 0.25) is 0 Å². The quantitative estimate of drug-likeness (QED) is 0.426. The Morgan fingerprint density at radius 2 is 1.80 bits per heavy atom. The predicted octanol–water partition coefficient (Wildman–Crippen LogP) is 0.793. The smallest absolute Gasteiger partial charge is 0.316 e. The fourth-order valence-electron chi connectivity index (χ4n) is 0.992. The molecule has 15 heavy (non-hydrogen) atoms. The van der Waals surface area contributed by atoms with E-state index < -0.39 is 5.97 Å². The van der Waals surface area contributed by atoms with Crippen LogP contribution in [0.3, 0.4) is 0 Å². The first-order chi connectivity index (χ1) is 6.68. The van der Waals surface area contributed by atoms with Crippen LogP contribution in [0, 0.1) is 0 Å². The number of Topliss-reactive ketones (excluding diaryl/α,β-unsaturated/α-hetero) is 1. The largest absolute Gasteiger partial charge is 0.460 e. The van der Waals surface area contributed by atoms with E-state index >= 15 is 0 Å². The molecular weight excluding hydrogens is 204 g/mol. The minimum absolute atomic E-state index is 0. The van der Waals surface area contributed by atoms with Crippen molar-refractivity contribution in [1.29, 1.82) is 0 Å². The van der Waals surface area contributed by atoms with Crippen molar-refractivity contribution in [2.24, 2.45) is 0 Å². The van der Waals surface area contributed by atoms with E-state index in [1.54, 1.807) is 0 Å². The summed E-state index contributed by atoms with van der Waals surface area (Å²) in [6, 6.07) is 9.35. The Balaban J connectivity index is 0.00000196. The number of ether oxygens (including phenoxy) is 1. The molecule has 0 radical (unpaired) electrons. The van der Waals surface area contributed by atoms with Gasteiger partial charge < -0.3 is 4.74 Å². The lowest BCUT2D eigenvalue weighted by Gasteiger charge is -2.02. The average Bonchev–Trinajstić information content (AvgIpc) is 2.15. The molecule has 0 aromatic heterocycles. The number of ketones is 1. The van der Waals surface area contributed by atoms with Crippen molar-refractivity contribution in [1.82, 2.24) is 0 Å². The maximum absolute atomic E-state index is 11.0. The van der Waals surface area contributed by atoms with Gasteiger partial charge >= 0.3 is 29.0 Å². The zero-order chi connectivity index (χ0) is 10.4. The molecule has 0 unspecified atom stereocenters. The van der Waals surface area contributed by atoms with E-state index in [0.29, 0.717) is 0 Å². The van der Waals surface area contributed by atoms with Crippen molar-refractivity contribution in [2.45, 2.75) is 20.0 Å². The van der Waals surface area contributed by atoms with E-state index in [4.69, 9.17) is 4.74 Å². The molecule has 3 nitrogen and oxygen atoms in total. The first kappa shape index (κ1) is 14.1. The molecular formula is C11H14MgO3. The van der Waals surface area contributed by atoms with Crippen LogP contribution in [0.1, 0.15) is 18.9 Å². The Kier molecular flexibility index (Phi) is 6.99. The molecule has 78 valence electrons. The first-order valence-electron chi connectivity index (χ1n) is 4.37. The van der Waals surface area contributed by atoms with E-state index in [0.717, 1.165) is 5.56 Å². The lowest BCUT2D eigenvalue weighted by molar-refractivity contribution is -0.146. The molecule has 0 saturated carbocycles. The third-order valence-electron chi connectivity index (χ3n) is 1.64. The molecule has 0 N–H and O–H groups in total. The molecule has 1 aromatic rings. The molecule has 0 aliphatic rings. The Bertz CT molecular complexity index is 322. The Morgan fingerprint density at radius 1 is 1.20 bits per heavy atom. The van der Waals surface area contributed by atoms with Gasteiger partial charge in [-0.2, -0.15) is 0 Å². The minimum atomic E-state index is -0.471. The Hall–Kier alpha value is -0.874. The maximum Gasteiger partial charge on any atom is 0.316 e. The minimum Gasteiger partial charge on any atom is -0.460 e. The molecule has 0 aliphatic carbocycles. The number of hydrogen-bond donors (Lipinski definition) is 0. The van der Waals surface area contributed by atoms with E-state index in [1.165, 1.54) is 6.92 Å². The summed E-state index contributed by atoms with van der Waals surface area (Å²) in [6.07, 6.45) is -0.146. The van der Waals surface area contributed by atoms with Crippen LogP contribution >= 0.6 is 0 Å². The highest BCUT2D eigenvalue weighted by Gasteiger charge is 2.05. The van der Waals surface area contributed by atoms with Crippen LogP contribution < -0.4 is 0 Å². The monoisotopic (exact) mass is 218 g/mol. The predicted molar refractivity (Wildman–Crippen MR) is 60.1 cm³/mol. The van der Waals surface area contributed by atoms with Crippen molar-refractivity contribution >= 4 is 34.8 Å². The zero-order valence-electron chi connectivity index (χ0n) is 8.03. The third kappa shape index (κ3) is 6.25. The summed E-state index contributed by atoms with van der Waals surface area (Å²) in [7, 11) is 0. The number of benzene rings is 1. The molecule has 0 fully saturated rings. The molecule has 0 amide bonds. The van der Waals surface area contributed by atoms with Crippen LogP contribution in [0.25, 0.3) is 0 Å².